The molecule has 1 aliphatic rings. The number of nitrogens with zero attached hydrogens (tertiary/aromatic N) is 3. The summed E-state index contributed by atoms with van der Waals surface area (Å²) in [7, 11) is 0. The van der Waals surface area contributed by atoms with Crippen LogP contribution in [-0.4, -0.2) is 56.0 Å². The van der Waals surface area contributed by atoms with E-state index in [1.165, 1.54) is 5.69 Å². The van der Waals surface area contributed by atoms with Crippen molar-refractivity contribution >= 4 is 41.5 Å². The number of nitrogens with two attached hydrogens (primary N) is 1. The molecule has 2 rings (SSSR count). The van der Waals surface area contributed by atoms with Crippen LogP contribution in [0.1, 0.15) is 13.3 Å². The predicted molar refractivity (Wildman–Crippen MR) is 115 cm³/mol. The van der Waals surface area contributed by atoms with Crippen molar-refractivity contribution in [1.29, 1.82) is 0 Å². The molecule has 0 unspecified atom stereocenters. The number of hydrogen-bond acceptors (Lipinski definition) is 3. The van der Waals surface area contributed by atoms with Gasteiger partial charge >= 0.3 is 0 Å². The number of para-hydroxylation sites is 1. The van der Waals surface area contributed by atoms with E-state index in [1.807, 2.05) is 30.0 Å². The Labute approximate surface area is 167 Å². The van der Waals surface area contributed by atoms with E-state index >= 15 is 0 Å². The van der Waals surface area contributed by atoms with Crippen molar-refractivity contribution < 1.29 is 4.79 Å². The second-order valence-corrected chi connectivity index (χ2v) is 6.04. The second kappa shape index (κ2) is 11.0. The van der Waals surface area contributed by atoms with Gasteiger partial charge in [-0.2, -0.15) is 0 Å². The van der Waals surface area contributed by atoms with Gasteiger partial charge in [-0.25, -0.2) is 4.99 Å². The molecular formula is C18H28IN5O. The van der Waals surface area contributed by atoms with Gasteiger partial charge in [0.2, 0.25) is 5.91 Å². The molecule has 0 radical (unpaired) electrons. The second-order valence-electron chi connectivity index (χ2n) is 6.04. The zero-order chi connectivity index (χ0) is 17.4. The summed E-state index contributed by atoms with van der Waals surface area (Å²) < 4.78 is 0. The third kappa shape index (κ3) is 7.33. The number of piperazine rings is 1. The highest BCUT2D eigenvalue weighted by Crippen LogP contribution is 2.15. The summed E-state index contributed by atoms with van der Waals surface area (Å²) in [5, 5.41) is 2.97. The van der Waals surface area contributed by atoms with E-state index in [4.69, 9.17) is 5.73 Å². The molecule has 0 saturated carbocycles. The lowest BCUT2D eigenvalue weighted by Gasteiger charge is -2.36. The van der Waals surface area contributed by atoms with Gasteiger partial charge in [0, 0.05) is 44.8 Å². The molecule has 1 aromatic rings. The molecule has 138 valence electrons. The summed E-state index contributed by atoms with van der Waals surface area (Å²) in [6.07, 6.45) is 0.425. The first-order chi connectivity index (χ1) is 11.6. The third-order valence-electron chi connectivity index (χ3n) is 3.92. The minimum atomic E-state index is 0. The molecule has 3 N–H and O–H groups in total. The van der Waals surface area contributed by atoms with Crippen LogP contribution in [0, 0.1) is 0 Å². The Morgan fingerprint density at radius 1 is 1.24 bits per heavy atom. The molecular weight excluding hydrogens is 429 g/mol. The number of anilines is 1. The number of carbonyl (C=O) groups is 1. The number of benzene rings is 1. The van der Waals surface area contributed by atoms with E-state index in [0.29, 0.717) is 25.5 Å². The van der Waals surface area contributed by atoms with Gasteiger partial charge in [-0.15, -0.1) is 24.0 Å². The Kier molecular flexibility index (Phi) is 9.33. The third-order valence-corrected chi connectivity index (χ3v) is 3.92. The van der Waals surface area contributed by atoms with Crippen LogP contribution < -0.4 is 16.0 Å². The molecule has 1 saturated heterocycles. The van der Waals surface area contributed by atoms with E-state index in [0.717, 1.165) is 31.8 Å². The number of amides is 1. The Balaban J connectivity index is 0.00000312. The van der Waals surface area contributed by atoms with E-state index in [2.05, 4.69) is 33.9 Å². The quantitative estimate of drug-likeness (QED) is 0.296. The molecule has 0 spiro atoms. The smallest absolute Gasteiger partial charge is 0.224 e. The lowest BCUT2D eigenvalue weighted by Crippen LogP contribution is -2.49. The average Bonchev–Trinajstić information content (AvgIpc) is 2.61. The molecule has 1 aromatic carbocycles. The minimum absolute atomic E-state index is 0. The van der Waals surface area contributed by atoms with Crippen LogP contribution in [-0.2, 0) is 4.79 Å². The van der Waals surface area contributed by atoms with E-state index in [1.54, 1.807) is 0 Å². The Hall–Kier alpha value is -1.77. The summed E-state index contributed by atoms with van der Waals surface area (Å²) in [6, 6.07) is 10.3. The summed E-state index contributed by atoms with van der Waals surface area (Å²) in [5.41, 5.74) is 7.90. The fourth-order valence-corrected chi connectivity index (χ4v) is 2.58. The molecule has 1 heterocycles. The maximum atomic E-state index is 12.3. The van der Waals surface area contributed by atoms with Crippen LogP contribution in [0.5, 0.6) is 0 Å². The van der Waals surface area contributed by atoms with Crippen molar-refractivity contribution in [3.05, 3.63) is 42.5 Å². The van der Waals surface area contributed by atoms with Crippen molar-refractivity contribution in [2.45, 2.75) is 13.3 Å². The molecule has 1 aliphatic heterocycles. The van der Waals surface area contributed by atoms with Crippen molar-refractivity contribution in [2.75, 3.05) is 44.2 Å². The van der Waals surface area contributed by atoms with Crippen LogP contribution in [0.25, 0.3) is 0 Å². The Morgan fingerprint density at radius 2 is 1.88 bits per heavy atom. The first-order valence-electron chi connectivity index (χ1n) is 8.32. The highest BCUT2D eigenvalue weighted by Gasteiger charge is 2.20. The van der Waals surface area contributed by atoms with Crippen molar-refractivity contribution in [3.8, 4) is 0 Å². The van der Waals surface area contributed by atoms with Gasteiger partial charge in [0.1, 0.15) is 0 Å². The highest BCUT2D eigenvalue weighted by atomic mass is 127. The summed E-state index contributed by atoms with van der Waals surface area (Å²) in [6.45, 7) is 9.93. The van der Waals surface area contributed by atoms with Gasteiger partial charge in [0.05, 0.1) is 6.54 Å². The molecule has 7 heteroatoms. The van der Waals surface area contributed by atoms with Gasteiger partial charge in [-0.3, -0.25) is 4.79 Å². The van der Waals surface area contributed by atoms with E-state index in [-0.39, 0.29) is 29.9 Å². The van der Waals surface area contributed by atoms with Crippen LogP contribution >= 0.6 is 24.0 Å². The molecule has 0 bridgehead atoms. The Bertz CT molecular complexity index is 582. The van der Waals surface area contributed by atoms with Crippen molar-refractivity contribution in [1.82, 2.24) is 10.2 Å². The maximum Gasteiger partial charge on any atom is 0.224 e. The molecule has 0 aromatic heterocycles. The number of aliphatic imine (C=N–C) groups is 1. The van der Waals surface area contributed by atoms with Gasteiger partial charge in [-0.1, -0.05) is 30.4 Å². The van der Waals surface area contributed by atoms with Gasteiger partial charge < -0.3 is 20.9 Å². The number of guanidine groups is 1. The zero-order valence-corrected chi connectivity index (χ0v) is 17.1. The molecule has 0 aliphatic carbocycles. The maximum absolute atomic E-state index is 12.3. The van der Waals surface area contributed by atoms with E-state index < -0.39 is 0 Å². The summed E-state index contributed by atoms with van der Waals surface area (Å²) >= 11 is 0. The van der Waals surface area contributed by atoms with Crippen LogP contribution in [0.15, 0.2) is 47.5 Å². The lowest BCUT2D eigenvalue weighted by molar-refractivity contribution is -0.131. The lowest BCUT2D eigenvalue weighted by atomic mass is 10.2. The predicted octanol–water partition coefficient (Wildman–Crippen LogP) is 1.82. The number of halogens is 1. The SMILES string of the molecule is C=C(C)CN=C(N)NCCC(=O)N1CCN(c2ccccc2)CC1.I. The first-order valence-corrected chi connectivity index (χ1v) is 8.32. The monoisotopic (exact) mass is 457 g/mol. The van der Waals surface area contributed by atoms with Crippen molar-refractivity contribution in [3.63, 3.8) is 0 Å². The molecule has 1 fully saturated rings. The molecule has 1 amide bonds. The van der Waals surface area contributed by atoms with Gasteiger partial charge in [0.25, 0.3) is 0 Å². The normalized spacial score (nSPS) is 14.7. The molecule has 25 heavy (non-hydrogen) atoms. The average molecular weight is 457 g/mol. The first kappa shape index (κ1) is 21.3. The van der Waals surface area contributed by atoms with Gasteiger partial charge in [-0.05, 0) is 19.1 Å². The van der Waals surface area contributed by atoms with Crippen molar-refractivity contribution in [2.24, 2.45) is 10.7 Å². The van der Waals surface area contributed by atoms with Crippen LogP contribution in [0.3, 0.4) is 0 Å². The molecule has 6 nitrogen and oxygen atoms in total. The highest BCUT2D eigenvalue weighted by molar-refractivity contribution is 14.0. The number of hydrogen-bond donors (Lipinski definition) is 2. The van der Waals surface area contributed by atoms with Gasteiger partial charge in [0.15, 0.2) is 5.96 Å². The number of rotatable bonds is 6. The van der Waals surface area contributed by atoms with E-state index in [9.17, 15) is 4.79 Å². The largest absolute Gasteiger partial charge is 0.370 e. The zero-order valence-electron chi connectivity index (χ0n) is 14.8. The standard InChI is InChI=1S/C18H27N5O.HI/c1-15(2)14-21-18(19)20-9-8-17(24)23-12-10-22(11-13-23)16-6-4-3-5-7-16;/h3-7H,1,8-14H2,2H3,(H3,19,20,21);1H. The number of nitrogens with one attached hydrogen (secondary N) is 1. The fraction of sp³-hybridized carbons (Fsp3) is 0.444. The summed E-state index contributed by atoms with van der Waals surface area (Å²) in [5.74, 6) is 0.516. The van der Waals surface area contributed by atoms with Crippen LogP contribution in [0.2, 0.25) is 0 Å². The van der Waals surface area contributed by atoms with Crippen LogP contribution in [0.4, 0.5) is 5.69 Å². The molecule has 0 atom stereocenters. The fourth-order valence-electron chi connectivity index (χ4n) is 2.58. The summed E-state index contributed by atoms with van der Waals surface area (Å²) in [4.78, 5) is 20.6. The minimum Gasteiger partial charge on any atom is -0.370 e. The topological polar surface area (TPSA) is 74.0 Å². The number of carbonyl (C=O) groups excluding carboxylic acids is 1. The Morgan fingerprint density at radius 3 is 2.48 bits per heavy atom.